The number of hydrogen-bond donors (Lipinski definition) is 1. The summed E-state index contributed by atoms with van der Waals surface area (Å²) in [6.07, 6.45) is 1.42. The van der Waals surface area contributed by atoms with Crippen molar-refractivity contribution in [2.75, 3.05) is 19.8 Å². The Morgan fingerprint density at radius 3 is 2.21 bits per heavy atom. The Hall–Kier alpha value is -3.02. The van der Waals surface area contributed by atoms with Crippen molar-refractivity contribution in [1.82, 2.24) is 10.2 Å². The van der Waals surface area contributed by atoms with Crippen LogP contribution in [0.2, 0.25) is 0 Å². The van der Waals surface area contributed by atoms with E-state index in [-0.39, 0.29) is 11.8 Å². The first-order valence-electron chi connectivity index (χ1n) is 12.4. The summed E-state index contributed by atoms with van der Waals surface area (Å²) in [6.45, 7) is 12.0. The molecule has 2 rings (SSSR count). The Morgan fingerprint density at radius 2 is 1.59 bits per heavy atom. The maximum Gasteiger partial charge on any atom is 0.242 e. The average Bonchev–Trinajstić information content (AvgIpc) is 2.83. The van der Waals surface area contributed by atoms with Crippen molar-refractivity contribution in [3.63, 3.8) is 0 Å². The van der Waals surface area contributed by atoms with Crippen LogP contribution < -0.4 is 14.8 Å². The molecule has 6 heteroatoms. The number of amides is 2. The Labute approximate surface area is 204 Å². The highest BCUT2D eigenvalue weighted by atomic mass is 16.5. The van der Waals surface area contributed by atoms with Crippen LogP contribution in [0.5, 0.6) is 11.5 Å². The van der Waals surface area contributed by atoms with Gasteiger partial charge in [-0.2, -0.15) is 0 Å². The second-order valence-electron chi connectivity index (χ2n) is 8.72. The maximum absolute atomic E-state index is 13.4. The second kappa shape index (κ2) is 14.3. The standard InChI is InChI=1S/C28H40N2O4/c1-6-24(28(32)29-19-21(4)5)30(20-23-12-10-9-11-13-23)27(31)17-15-22-14-16-25(33-7-2)26(18-22)34-8-3/h9-14,16,18,21,24H,6-8,15,17,19-20H2,1-5H3,(H,29,32)/t24-/m0/s1. The first-order chi connectivity index (χ1) is 16.4. The lowest BCUT2D eigenvalue weighted by molar-refractivity contribution is -0.141. The highest BCUT2D eigenvalue weighted by molar-refractivity contribution is 5.87. The van der Waals surface area contributed by atoms with E-state index in [2.05, 4.69) is 19.2 Å². The molecule has 0 aliphatic rings. The van der Waals surface area contributed by atoms with E-state index in [0.29, 0.717) is 63.0 Å². The number of hydrogen-bond acceptors (Lipinski definition) is 4. The number of ether oxygens (including phenoxy) is 2. The van der Waals surface area contributed by atoms with Crippen molar-refractivity contribution in [2.45, 2.75) is 66.5 Å². The van der Waals surface area contributed by atoms with Gasteiger partial charge in [0.25, 0.3) is 0 Å². The first-order valence-corrected chi connectivity index (χ1v) is 12.4. The molecule has 0 saturated heterocycles. The van der Waals surface area contributed by atoms with Crippen LogP contribution in [0.15, 0.2) is 48.5 Å². The number of nitrogens with one attached hydrogen (secondary N) is 1. The van der Waals surface area contributed by atoms with Crippen molar-refractivity contribution in [2.24, 2.45) is 5.92 Å². The minimum atomic E-state index is -0.509. The van der Waals surface area contributed by atoms with E-state index in [1.807, 2.05) is 69.3 Å². The van der Waals surface area contributed by atoms with Gasteiger partial charge in [-0.25, -0.2) is 0 Å². The molecule has 0 heterocycles. The van der Waals surface area contributed by atoms with Gasteiger partial charge in [-0.1, -0.05) is 57.2 Å². The summed E-state index contributed by atoms with van der Waals surface area (Å²) in [6, 6.07) is 15.1. The minimum absolute atomic E-state index is 0.0396. The largest absolute Gasteiger partial charge is 0.490 e. The van der Waals surface area contributed by atoms with Gasteiger partial charge in [0.05, 0.1) is 13.2 Å². The van der Waals surface area contributed by atoms with E-state index in [1.54, 1.807) is 4.90 Å². The van der Waals surface area contributed by atoms with E-state index in [1.165, 1.54) is 0 Å². The number of aryl methyl sites for hydroxylation is 1. The third kappa shape index (κ3) is 8.40. The fraction of sp³-hybridized carbons (Fsp3) is 0.500. The van der Waals surface area contributed by atoms with Crippen LogP contribution >= 0.6 is 0 Å². The van der Waals surface area contributed by atoms with Crippen molar-refractivity contribution >= 4 is 11.8 Å². The van der Waals surface area contributed by atoms with Crippen LogP contribution in [-0.4, -0.2) is 42.5 Å². The molecular weight excluding hydrogens is 428 g/mol. The van der Waals surface area contributed by atoms with E-state index in [9.17, 15) is 9.59 Å². The molecule has 0 aromatic heterocycles. The summed E-state index contributed by atoms with van der Waals surface area (Å²) in [5.41, 5.74) is 2.00. The molecule has 2 aromatic carbocycles. The molecular formula is C28H40N2O4. The van der Waals surface area contributed by atoms with Gasteiger partial charge in [0, 0.05) is 19.5 Å². The summed E-state index contributed by atoms with van der Waals surface area (Å²) in [5.74, 6) is 1.61. The van der Waals surface area contributed by atoms with Crippen LogP contribution in [0.1, 0.15) is 58.6 Å². The van der Waals surface area contributed by atoms with Crippen LogP contribution in [0.4, 0.5) is 0 Å². The summed E-state index contributed by atoms with van der Waals surface area (Å²) >= 11 is 0. The fourth-order valence-corrected chi connectivity index (χ4v) is 3.77. The smallest absolute Gasteiger partial charge is 0.242 e. The number of benzene rings is 2. The summed E-state index contributed by atoms with van der Waals surface area (Å²) in [5, 5.41) is 3.00. The van der Waals surface area contributed by atoms with Gasteiger partial charge in [0.1, 0.15) is 6.04 Å². The van der Waals surface area contributed by atoms with Gasteiger partial charge in [-0.05, 0) is 55.9 Å². The molecule has 34 heavy (non-hydrogen) atoms. The Kier molecular flexibility index (Phi) is 11.4. The van der Waals surface area contributed by atoms with Crippen LogP contribution in [0.25, 0.3) is 0 Å². The van der Waals surface area contributed by atoms with Gasteiger partial charge < -0.3 is 19.7 Å². The molecule has 0 fully saturated rings. The van der Waals surface area contributed by atoms with E-state index in [0.717, 1.165) is 11.1 Å². The molecule has 0 saturated carbocycles. The molecule has 2 aromatic rings. The molecule has 0 radical (unpaired) electrons. The Balaban J connectivity index is 2.18. The molecule has 186 valence electrons. The highest BCUT2D eigenvalue weighted by Crippen LogP contribution is 2.29. The van der Waals surface area contributed by atoms with Gasteiger partial charge in [0.15, 0.2) is 11.5 Å². The molecule has 0 aliphatic heterocycles. The third-order valence-electron chi connectivity index (χ3n) is 5.50. The van der Waals surface area contributed by atoms with Gasteiger partial charge >= 0.3 is 0 Å². The summed E-state index contributed by atoms with van der Waals surface area (Å²) in [7, 11) is 0. The predicted octanol–water partition coefficient (Wildman–Crippen LogP) is 5.00. The van der Waals surface area contributed by atoms with E-state index >= 15 is 0 Å². The van der Waals surface area contributed by atoms with Crippen molar-refractivity contribution in [1.29, 1.82) is 0 Å². The van der Waals surface area contributed by atoms with Gasteiger partial charge in [-0.15, -0.1) is 0 Å². The molecule has 2 amide bonds. The second-order valence-corrected chi connectivity index (χ2v) is 8.72. The van der Waals surface area contributed by atoms with Crippen molar-refractivity contribution in [3.8, 4) is 11.5 Å². The normalized spacial score (nSPS) is 11.7. The number of nitrogens with zero attached hydrogens (tertiary/aromatic N) is 1. The molecule has 1 atom stereocenters. The predicted molar refractivity (Wildman–Crippen MR) is 136 cm³/mol. The fourth-order valence-electron chi connectivity index (χ4n) is 3.77. The van der Waals surface area contributed by atoms with Crippen LogP contribution in [0, 0.1) is 5.92 Å². The Morgan fingerprint density at radius 1 is 0.912 bits per heavy atom. The lowest BCUT2D eigenvalue weighted by Gasteiger charge is -2.31. The topological polar surface area (TPSA) is 67.9 Å². The Bertz CT molecular complexity index is 899. The molecule has 0 aliphatic carbocycles. The number of carbonyl (C=O) groups excluding carboxylic acids is 2. The lowest BCUT2D eigenvalue weighted by atomic mass is 10.1. The number of rotatable bonds is 14. The lowest BCUT2D eigenvalue weighted by Crippen LogP contribution is -2.49. The SMILES string of the molecule is CCOc1ccc(CCC(=O)N(Cc2ccccc2)[C@@H](CC)C(=O)NCC(C)C)cc1OCC. The van der Waals surface area contributed by atoms with E-state index in [4.69, 9.17) is 9.47 Å². The molecule has 1 N–H and O–H groups in total. The first kappa shape index (κ1) is 27.2. The quantitative estimate of drug-likeness (QED) is 0.424. The maximum atomic E-state index is 13.4. The monoisotopic (exact) mass is 468 g/mol. The minimum Gasteiger partial charge on any atom is -0.490 e. The van der Waals surface area contributed by atoms with Gasteiger partial charge in [-0.3, -0.25) is 9.59 Å². The summed E-state index contributed by atoms with van der Waals surface area (Å²) < 4.78 is 11.4. The average molecular weight is 469 g/mol. The molecule has 0 bridgehead atoms. The van der Waals surface area contributed by atoms with Gasteiger partial charge in [0.2, 0.25) is 11.8 Å². The van der Waals surface area contributed by atoms with E-state index < -0.39 is 6.04 Å². The van der Waals surface area contributed by atoms with Crippen molar-refractivity contribution in [3.05, 3.63) is 59.7 Å². The highest BCUT2D eigenvalue weighted by Gasteiger charge is 2.28. The third-order valence-corrected chi connectivity index (χ3v) is 5.50. The zero-order chi connectivity index (χ0) is 24.9. The zero-order valence-corrected chi connectivity index (χ0v) is 21.3. The van der Waals surface area contributed by atoms with Crippen LogP contribution in [0.3, 0.4) is 0 Å². The molecule has 0 spiro atoms. The molecule has 6 nitrogen and oxygen atoms in total. The molecule has 0 unspecified atom stereocenters. The van der Waals surface area contributed by atoms with Crippen molar-refractivity contribution < 1.29 is 19.1 Å². The summed E-state index contributed by atoms with van der Waals surface area (Å²) in [4.78, 5) is 28.1. The zero-order valence-electron chi connectivity index (χ0n) is 21.3. The van der Waals surface area contributed by atoms with Crippen LogP contribution in [-0.2, 0) is 22.6 Å². The number of carbonyl (C=O) groups is 2.